The number of carboxylic acid groups (broad SMARTS) is 1. The first-order valence-corrected chi connectivity index (χ1v) is 4.16. The summed E-state index contributed by atoms with van der Waals surface area (Å²) in [5.74, 6) is 4.00. The van der Waals surface area contributed by atoms with Gasteiger partial charge in [-0.1, -0.05) is 5.92 Å². The molecular weight excluding hydrogens is 198 g/mol. The second-order valence-corrected chi connectivity index (χ2v) is 2.68. The maximum absolute atomic E-state index is 10.5. The van der Waals surface area contributed by atoms with Crippen LogP contribution in [-0.2, 0) is 4.79 Å². The van der Waals surface area contributed by atoms with Crippen LogP contribution < -0.4 is 5.32 Å². The number of hydrogen-bond donors (Lipinski definition) is 2. The third kappa shape index (κ3) is 3.56. The molecule has 0 saturated carbocycles. The van der Waals surface area contributed by atoms with Crippen molar-refractivity contribution in [1.29, 1.82) is 0 Å². The topological polar surface area (TPSA) is 79.5 Å². The molecule has 0 radical (unpaired) electrons. The van der Waals surface area contributed by atoms with E-state index in [9.17, 15) is 9.59 Å². The van der Waals surface area contributed by atoms with Crippen LogP contribution in [0.2, 0.25) is 0 Å². The Hall–Kier alpha value is -2.22. The Balaban J connectivity index is 2.56. The molecule has 1 amide bonds. The highest BCUT2D eigenvalue weighted by atomic mass is 16.4. The summed E-state index contributed by atoms with van der Waals surface area (Å²) in [6.07, 6.45) is 0. The van der Waals surface area contributed by atoms with Gasteiger partial charge in [-0.2, -0.15) is 0 Å². The van der Waals surface area contributed by atoms with E-state index >= 15 is 0 Å². The quantitative estimate of drug-likeness (QED) is 0.690. The minimum absolute atomic E-state index is 0.154. The van der Waals surface area contributed by atoms with E-state index in [1.165, 1.54) is 19.1 Å². The molecule has 0 bridgehead atoms. The zero-order valence-electron chi connectivity index (χ0n) is 8.03. The Kier molecular flexibility index (Phi) is 3.52. The van der Waals surface area contributed by atoms with Gasteiger partial charge in [0.15, 0.2) is 5.76 Å². The van der Waals surface area contributed by atoms with E-state index in [-0.39, 0.29) is 24.0 Å². The van der Waals surface area contributed by atoms with E-state index in [0.29, 0.717) is 0 Å². The lowest BCUT2D eigenvalue weighted by molar-refractivity contribution is -0.118. The van der Waals surface area contributed by atoms with Crippen molar-refractivity contribution in [3.05, 3.63) is 23.7 Å². The fourth-order valence-electron chi connectivity index (χ4n) is 0.820. The number of furan rings is 1. The number of carboxylic acids is 1. The Morgan fingerprint density at radius 2 is 2.27 bits per heavy atom. The number of rotatable bonds is 2. The minimum Gasteiger partial charge on any atom is -0.475 e. The van der Waals surface area contributed by atoms with Crippen molar-refractivity contribution >= 4 is 11.9 Å². The molecule has 1 aromatic heterocycles. The van der Waals surface area contributed by atoms with Crippen molar-refractivity contribution in [3.63, 3.8) is 0 Å². The number of aromatic carboxylic acids is 1. The maximum atomic E-state index is 10.5. The monoisotopic (exact) mass is 207 g/mol. The molecule has 2 N–H and O–H groups in total. The van der Waals surface area contributed by atoms with Gasteiger partial charge in [0, 0.05) is 6.92 Å². The van der Waals surface area contributed by atoms with E-state index in [0.717, 1.165) is 0 Å². The average molecular weight is 207 g/mol. The first-order chi connectivity index (χ1) is 7.09. The summed E-state index contributed by atoms with van der Waals surface area (Å²) in [7, 11) is 0. The molecular formula is C10H9NO4. The van der Waals surface area contributed by atoms with Gasteiger partial charge in [0.2, 0.25) is 11.7 Å². The highest BCUT2D eigenvalue weighted by Gasteiger charge is 2.06. The second-order valence-electron chi connectivity index (χ2n) is 2.68. The molecule has 1 aromatic rings. The van der Waals surface area contributed by atoms with Gasteiger partial charge in [-0.15, -0.1) is 0 Å². The minimum atomic E-state index is -1.13. The summed E-state index contributed by atoms with van der Waals surface area (Å²) in [5, 5.41) is 11.0. The molecule has 15 heavy (non-hydrogen) atoms. The predicted molar refractivity (Wildman–Crippen MR) is 51.2 cm³/mol. The van der Waals surface area contributed by atoms with E-state index < -0.39 is 5.97 Å². The Labute approximate surface area is 86.1 Å². The molecule has 0 aliphatic carbocycles. The number of nitrogens with one attached hydrogen (secondary N) is 1. The summed E-state index contributed by atoms with van der Waals surface area (Å²) in [6.45, 7) is 1.59. The third-order valence-corrected chi connectivity index (χ3v) is 1.45. The molecule has 0 atom stereocenters. The standard InChI is InChI=1S/C10H9NO4/c1-7(12)11-6-2-3-8-4-5-9(15-8)10(13)14/h4-5H,6H2,1H3,(H,11,12)(H,13,14). The van der Waals surface area contributed by atoms with Crippen molar-refractivity contribution in [3.8, 4) is 11.8 Å². The molecule has 0 saturated heterocycles. The lowest BCUT2D eigenvalue weighted by Gasteiger charge is -1.90. The number of carbonyl (C=O) groups excluding carboxylic acids is 1. The molecule has 0 spiro atoms. The van der Waals surface area contributed by atoms with Crippen LogP contribution in [-0.4, -0.2) is 23.5 Å². The van der Waals surface area contributed by atoms with Crippen molar-refractivity contribution in [2.45, 2.75) is 6.92 Å². The highest BCUT2D eigenvalue weighted by molar-refractivity contribution is 5.84. The smallest absolute Gasteiger partial charge is 0.371 e. The number of carbonyl (C=O) groups is 2. The van der Waals surface area contributed by atoms with Gasteiger partial charge in [-0.05, 0) is 18.1 Å². The molecule has 0 unspecified atom stereocenters. The Morgan fingerprint density at radius 1 is 1.53 bits per heavy atom. The lowest BCUT2D eigenvalue weighted by atomic mass is 10.4. The van der Waals surface area contributed by atoms with Crippen LogP contribution in [0.5, 0.6) is 0 Å². The van der Waals surface area contributed by atoms with E-state index in [1.54, 1.807) is 0 Å². The van der Waals surface area contributed by atoms with Gasteiger partial charge in [0.1, 0.15) is 0 Å². The lowest BCUT2D eigenvalue weighted by Crippen LogP contribution is -2.19. The van der Waals surface area contributed by atoms with Gasteiger partial charge in [-0.25, -0.2) is 4.79 Å². The zero-order chi connectivity index (χ0) is 11.3. The maximum Gasteiger partial charge on any atom is 0.371 e. The molecule has 1 rings (SSSR count). The summed E-state index contributed by atoms with van der Waals surface area (Å²) >= 11 is 0. The van der Waals surface area contributed by atoms with Crippen molar-refractivity contribution in [2.75, 3.05) is 6.54 Å². The van der Waals surface area contributed by atoms with Gasteiger partial charge in [0.25, 0.3) is 0 Å². The molecule has 0 aromatic carbocycles. The van der Waals surface area contributed by atoms with E-state index in [2.05, 4.69) is 17.2 Å². The van der Waals surface area contributed by atoms with E-state index in [4.69, 9.17) is 9.52 Å². The highest BCUT2D eigenvalue weighted by Crippen LogP contribution is 2.05. The van der Waals surface area contributed by atoms with Crippen LogP contribution in [0.25, 0.3) is 0 Å². The summed E-state index contributed by atoms with van der Waals surface area (Å²) in [4.78, 5) is 20.9. The van der Waals surface area contributed by atoms with Crippen LogP contribution in [0.15, 0.2) is 16.5 Å². The molecule has 0 fully saturated rings. The van der Waals surface area contributed by atoms with Crippen LogP contribution in [0, 0.1) is 11.8 Å². The largest absolute Gasteiger partial charge is 0.475 e. The molecule has 0 aliphatic heterocycles. The fraction of sp³-hybridized carbons (Fsp3) is 0.200. The van der Waals surface area contributed by atoms with Gasteiger partial charge < -0.3 is 14.8 Å². The average Bonchev–Trinajstić information content (AvgIpc) is 2.60. The first-order valence-electron chi connectivity index (χ1n) is 4.16. The fourth-order valence-corrected chi connectivity index (χ4v) is 0.820. The zero-order valence-corrected chi connectivity index (χ0v) is 8.03. The van der Waals surface area contributed by atoms with Crippen LogP contribution >= 0.6 is 0 Å². The Morgan fingerprint density at radius 3 is 2.80 bits per heavy atom. The molecule has 5 heteroatoms. The summed E-state index contributed by atoms with van der Waals surface area (Å²) in [5.41, 5.74) is 0. The van der Waals surface area contributed by atoms with Gasteiger partial charge in [-0.3, -0.25) is 4.79 Å². The van der Waals surface area contributed by atoms with E-state index in [1.807, 2.05) is 0 Å². The normalized spacial score (nSPS) is 8.87. The molecule has 0 aliphatic rings. The molecule has 78 valence electrons. The molecule has 1 heterocycles. The Bertz CT molecular complexity index is 436. The van der Waals surface area contributed by atoms with Gasteiger partial charge >= 0.3 is 5.97 Å². The van der Waals surface area contributed by atoms with Crippen molar-refractivity contribution in [2.24, 2.45) is 0 Å². The first kappa shape index (κ1) is 10.9. The van der Waals surface area contributed by atoms with Gasteiger partial charge in [0.05, 0.1) is 6.54 Å². The van der Waals surface area contributed by atoms with Crippen LogP contribution in [0.3, 0.4) is 0 Å². The second kappa shape index (κ2) is 4.86. The molecule has 5 nitrogen and oxygen atoms in total. The third-order valence-electron chi connectivity index (χ3n) is 1.45. The predicted octanol–water partition coefficient (Wildman–Crippen LogP) is 0.465. The van der Waals surface area contributed by atoms with Crippen LogP contribution in [0.1, 0.15) is 23.2 Å². The SMILES string of the molecule is CC(=O)NCC#Cc1ccc(C(=O)O)o1. The van der Waals surface area contributed by atoms with Crippen molar-refractivity contribution in [1.82, 2.24) is 5.32 Å². The number of amides is 1. The number of hydrogen-bond acceptors (Lipinski definition) is 3. The summed E-state index contributed by atoms with van der Waals surface area (Å²) in [6, 6.07) is 2.79. The van der Waals surface area contributed by atoms with Crippen LogP contribution in [0.4, 0.5) is 0 Å². The summed E-state index contributed by atoms with van der Waals surface area (Å²) < 4.78 is 4.87. The van der Waals surface area contributed by atoms with Crippen molar-refractivity contribution < 1.29 is 19.1 Å².